The van der Waals surface area contributed by atoms with Gasteiger partial charge in [0.2, 0.25) is 10.0 Å². The van der Waals surface area contributed by atoms with E-state index < -0.39 is 10.0 Å². The normalized spacial score (nSPS) is 12.0. The van der Waals surface area contributed by atoms with Crippen LogP contribution in [0.25, 0.3) is 0 Å². The number of hydrogen-bond donors (Lipinski definition) is 1. The molecule has 0 saturated carbocycles. The number of sulfonamides is 1. The summed E-state index contributed by atoms with van der Waals surface area (Å²) < 4.78 is 37.8. The minimum absolute atomic E-state index is 0.0991. The molecule has 0 bridgehead atoms. The van der Waals surface area contributed by atoms with Gasteiger partial charge in [-0.1, -0.05) is 12.1 Å². The van der Waals surface area contributed by atoms with Crippen LogP contribution in [0.15, 0.2) is 24.3 Å². The molecule has 0 saturated heterocycles. The van der Waals surface area contributed by atoms with Gasteiger partial charge in [0.05, 0.1) is 5.75 Å². The molecule has 0 aliphatic rings. The number of nitrogens with two attached hydrogens (primary N) is 1. The van der Waals surface area contributed by atoms with Crippen molar-refractivity contribution in [3.63, 3.8) is 0 Å². The molecule has 0 unspecified atom stereocenters. The Morgan fingerprint density at radius 2 is 1.83 bits per heavy atom. The van der Waals surface area contributed by atoms with Crippen LogP contribution in [0.4, 0.5) is 4.39 Å². The van der Waals surface area contributed by atoms with Crippen molar-refractivity contribution < 1.29 is 12.8 Å². The van der Waals surface area contributed by atoms with Gasteiger partial charge in [-0.05, 0) is 37.1 Å². The summed E-state index contributed by atoms with van der Waals surface area (Å²) in [5, 5.41) is 0. The van der Waals surface area contributed by atoms with E-state index in [1.807, 2.05) is 0 Å². The molecule has 4 nitrogen and oxygen atoms in total. The topological polar surface area (TPSA) is 63.4 Å². The van der Waals surface area contributed by atoms with Crippen molar-refractivity contribution in [1.82, 2.24) is 4.31 Å². The van der Waals surface area contributed by atoms with Crippen LogP contribution in [0.5, 0.6) is 0 Å². The van der Waals surface area contributed by atoms with Gasteiger partial charge in [0.25, 0.3) is 0 Å². The third-order valence-electron chi connectivity index (χ3n) is 2.65. The predicted molar refractivity (Wildman–Crippen MR) is 69.9 cm³/mol. The fourth-order valence-corrected chi connectivity index (χ4v) is 2.76. The Balaban J connectivity index is 2.58. The number of hydrogen-bond acceptors (Lipinski definition) is 3. The van der Waals surface area contributed by atoms with Crippen molar-refractivity contribution >= 4 is 10.0 Å². The standard InChI is InChI=1S/C12H19FN2O2S/c1-15(18(16,17)9-3-2-8-14)10-11-4-6-12(13)7-5-11/h4-7H,2-3,8-10,14H2,1H3. The Labute approximate surface area is 108 Å². The number of benzene rings is 1. The summed E-state index contributed by atoms with van der Waals surface area (Å²) in [7, 11) is -1.73. The summed E-state index contributed by atoms with van der Waals surface area (Å²) in [6.45, 7) is 0.752. The average Bonchev–Trinajstić information content (AvgIpc) is 2.32. The van der Waals surface area contributed by atoms with E-state index in [2.05, 4.69) is 0 Å². The van der Waals surface area contributed by atoms with Crippen LogP contribution in [0.1, 0.15) is 18.4 Å². The second-order valence-electron chi connectivity index (χ2n) is 4.19. The summed E-state index contributed by atoms with van der Waals surface area (Å²) in [5.74, 6) is -0.228. The lowest BCUT2D eigenvalue weighted by Crippen LogP contribution is -2.29. The molecule has 1 aromatic rings. The molecule has 2 N–H and O–H groups in total. The maximum Gasteiger partial charge on any atom is 0.214 e. The van der Waals surface area contributed by atoms with Gasteiger partial charge >= 0.3 is 0 Å². The second kappa shape index (κ2) is 6.82. The van der Waals surface area contributed by atoms with E-state index in [-0.39, 0.29) is 18.1 Å². The molecular formula is C12H19FN2O2S. The fraction of sp³-hybridized carbons (Fsp3) is 0.500. The SMILES string of the molecule is CN(Cc1ccc(F)cc1)S(=O)(=O)CCCCN. The number of halogens is 1. The monoisotopic (exact) mass is 274 g/mol. The molecule has 0 fully saturated rings. The van der Waals surface area contributed by atoms with E-state index in [1.165, 1.54) is 23.5 Å². The van der Waals surface area contributed by atoms with Gasteiger partial charge in [0.1, 0.15) is 5.82 Å². The van der Waals surface area contributed by atoms with Gasteiger partial charge in [-0.3, -0.25) is 0 Å². The average molecular weight is 274 g/mol. The molecule has 0 radical (unpaired) electrons. The maximum atomic E-state index is 12.7. The van der Waals surface area contributed by atoms with Crippen LogP contribution in [-0.4, -0.2) is 32.1 Å². The van der Waals surface area contributed by atoms with E-state index in [4.69, 9.17) is 5.73 Å². The van der Waals surface area contributed by atoms with Crippen LogP contribution in [0, 0.1) is 5.82 Å². The van der Waals surface area contributed by atoms with Crippen molar-refractivity contribution in [2.75, 3.05) is 19.3 Å². The van der Waals surface area contributed by atoms with Crippen molar-refractivity contribution in [2.24, 2.45) is 5.73 Å². The third-order valence-corrected chi connectivity index (χ3v) is 4.53. The van der Waals surface area contributed by atoms with Gasteiger partial charge in [-0.2, -0.15) is 0 Å². The number of unbranched alkanes of at least 4 members (excludes halogenated alkanes) is 1. The van der Waals surface area contributed by atoms with Gasteiger partial charge < -0.3 is 5.73 Å². The lowest BCUT2D eigenvalue weighted by Gasteiger charge is -2.17. The van der Waals surface area contributed by atoms with Crippen molar-refractivity contribution in [3.8, 4) is 0 Å². The Hall–Kier alpha value is -0.980. The molecule has 0 aromatic heterocycles. The first kappa shape index (κ1) is 15.1. The Morgan fingerprint density at radius 3 is 2.39 bits per heavy atom. The van der Waals surface area contributed by atoms with E-state index in [9.17, 15) is 12.8 Å². The van der Waals surface area contributed by atoms with Crippen LogP contribution in [0.3, 0.4) is 0 Å². The van der Waals surface area contributed by atoms with Crippen molar-refractivity contribution in [3.05, 3.63) is 35.6 Å². The highest BCUT2D eigenvalue weighted by Gasteiger charge is 2.17. The lowest BCUT2D eigenvalue weighted by molar-refractivity contribution is 0.464. The zero-order valence-electron chi connectivity index (χ0n) is 10.5. The molecule has 0 spiro atoms. The lowest BCUT2D eigenvalue weighted by atomic mass is 10.2. The fourth-order valence-electron chi connectivity index (χ4n) is 1.53. The molecule has 18 heavy (non-hydrogen) atoms. The number of rotatable bonds is 7. The quantitative estimate of drug-likeness (QED) is 0.763. The highest BCUT2D eigenvalue weighted by atomic mass is 32.2. The minimum atomic E-state index is -3.26. The second-order valence-corrected chi connectivity index (χ2v) is 6.39. The van der Waals surface area contributed by atoms with Gasteiger partial charge in [0.15, 0.2) is 0 Å². The van der Waals surface area contributed by atoms with Crippen LogP contribution >= 0.6 is 0 Å². The minimum Gasteiger partial charge on any atom is -0.330 e. The summed E-state index contributed by atoms with van der Waals surface area (Å²) >= 11 is 0. The first-order valence-electron chi connectivity index (χ1n) is 5.84. The largest absolute Gasteiger partial charge is 0.330 e. The van der Waals surface area contributed by atoms with Gasteiger partial charge in [0, 0.05) is 13.6 Å². The first-order chi connectivity index (χ1) is 8.45. The molecule has 1 rings (SSSR count). The smallest absolute Gasteiger partial charge is 0.214 e. The molecule has 0 aliphatic carbocycles. The highest BCUT2D eigenvalue weighted by Crippen LogP contribution is 2.10. The Morgan fingerprint density at radius 1 is 1.22 bits per heavy atom. The zero-order valence-corrected chi connectivity index (χ0v) is 11.3. The maximum absolute atomic E-state index is 12.7. The molecule has 6 heteroatoms. The highest BCUT2D eigenvalue weighted by molar-refractivity contribution is 7.89. The molecule has 0 atom stereocenters. The molecule has 102 valence electrons. The Bertz CT molecular complexity index is 459. The zero-order chi connectivity index (χ0) is 13.6. The third kappa shape index (κ3) is 4.72. The van der Waals surface area contributed by atoms with E-state index in [0.29, 0.717) is 19.4 Å². The molecule has 0 heterocycles. The van der Waals surface area contributed by atoms with E-state index in [1.54, 1.807) is 12.1 Å². The van der Waals surface area contributed by atoms with Gasteiger partial charge in [-0.15, -0.1) is 0 Å². The summed E-state index contributed by atoms with van der Waals surface area (Å²) in [6.07, 6.45) is 1.26. The predicted octanol–water partition coefficient (Wildman–Crippen LogP) is 1.33. The summed E-state index contributed by atoms with van der Waals surface area (Å²) in [4.78, 5) is 0. The summed E-state index contributed by atoms with van der Waals surface area (Å²) in [5.41, 5.74) is 6.09. The van der Waals surface area contributed by atoms with E-state index >= 15 is 0 Å². The first-order valence-corrected chi connectivity index (χ1v) is 7.45. The number of nitrogens with zero attached hydrogens (tertiary/aromatic N) is 1. The van der Waals surface area contributed by atoms with Crippen LogP contribution in [-0.2, 0) is 16.6 Å². The molecule has 1 aromatic carbocycles. The van der Waals surface area contributed by atoms with Crippen molar-refractivity contribution in [2.45, 2.75) is 19.4 Å². The Kier molecular flexibility index (Phi) is 5.71. The summed E-state index contributed by atoms with van der Waals surface area (Å²) in [6, 6.07) is 5.82. The van der Waals surface area contributed by atoms with E-state index in [0.717, 1.165) is 5.56 Å². The molecule has 0 amide bonds. The van der Waals surface area contributed by atoms with Crippen molar-refractivity contribution in [1.29, 1.82) is 0 Å². The van der Waals surface area contributed by atoms with Gasteiger partial charge in [-0.25, -0.2) is 17.1 Å². The molecular weight excluding hydrogens is 255 g/mol. The van der Waals surface area contributed by atoms with Crippen LogP contribution in [0.2, 0.25) is 0 Å². The van der Waals surface area contributed by atoms with Crippen LogP contribution < -0.4 is 5.73 Å². The molecule has 0 aliphatic heterocycles.